The molecule has 1 aromatic carbocycles. The van der Waals surface area contributed by atoms with Crippen LogP contribution in [0, 0.1) is 10.8 Å². The first kappa shape index (κ1) is 20.4. The minimum atomic E-state index is -0.349. The molecule has 162 valence electrons. The van der Waals surface area contributed by atoms with Gasteiger partial charge in [-0.15, -0.1) is 0 Å². The van der Waals surface area contributed by atoms with E-state index in [9.17, 15) is 4.79 Å². The second-order valence-electron chi connectivity index (χ2n) is 7.85. The van der Waals surface area contributed by atoms with Crippen LogP contribution in [0.25, 0.3) is 22.2 Å². The minimum absolute atomic E-state index is 0.222. The van der Waals surface area contributed by atoms with Crippen molar-refractivity contribution in [1.29, 1.82) is 10.8 Å². The summed E-state index contributed by atoms with van der Waals surface area (Å²) < 4.78 is 0. The van der Waals surface area contributed by atoms with E-state index in [0.717, 1.165) is 35.0 Å². The molecule has 0 spiro atoms. The van der Waals surface area contributed by atoms with Crippen LogP contribution in [0.4, 0.5) is 5.69 Å². The maximum absolute atomic E-state index is 12.9. The summed E-state index contributed by atoms with van der Waals surface area (Å²) in [5.41, 5.74) is 4.72. The quantitative estimate of drug-likeness (QED) is 0.307. The molecule has 1 aliphatic carbocycles. The molecule has 0 saturated heterocycles. The van der Waals surface area contributed by atoms with Crippen LogP contribution in [0.5, 0.6) is 0 Å². The highest BCUT2D eigenvalue weighted by Gasteiger charge is 2.30. The zero-order valence-corrected chi connectivity index (χ0v) is 17.7. The normalized spacial score (nSPS) is 12.8. The van der Waals surface area contributed by atoms with E-state index in [-0.39, 0.29) is 23.5 Å². The predicted octanol–water partition coefficient (Wildman–Crippen LogP) is 4.34. The molecule has 0 bridgehead atoms. The first-order chi connectivity index (χ1) is 16.1. The van der Waals surface area contributed by atoms with Crippen LogP contribution >= 0.6 is 0 Å². The van der Waals surface area contributed by atoms with Crippen molar-refractivity contribution in [3.05, 3.63) is 84.4 Å². The third-order valence-corrected chi connectivity index (χ3v) is 5.51. The van der Waals surface area contributed by atoms with Gasteiger partial charge in [0.15, 0.2) is 0 Å². The van der Waals surface area contributed by atoms with Crippen LogP contribution in [0.1, 0.15) is 28.9 Å². The monoisotopic (exact) mass is 435 g/mol. The van der Waals surface area contributed by atoms with E-state index in [0.29, 0.717) is 11.3 Å². The van der Waals surface area contributed by atoms with Crippen molar-refractivity contribution >= 4 is 34.8 Å². The van der Waals surface area contributed by atoms with Crippen molar-refractivity contribution < 1.29 is 4.79 Å². The molecule has 0 radical (unpaired) electrons. The SMILES string of the molecule is N=CN(C(=N)c1cccc(NC(=O)c2cc(-c3cnc4cccnc4c3)ccn2)c1)C1CC1. The van der Waals surface area contributed by atoms with Gasteiger partial charge in [0.05, 0.1) is 17.4 Å². The third kappa shape index (κ3) is 4.31. The number of carbonyl (C=O) groups is 1. The number of fused-ring (bicyclic) bond motifs is 1. The highest BCUT2D eigenvalue weighted by atomic mass is 16.1. The second-order valence-corrected chi connectivity index (χ2v) is 7.85. The largest absolute Gasteiger partial charge is 0.321 e. The van der Waals surface area contributed by atoms with E-state index in [1.54, 1.807) is 53.8 Å². The number of pyridine rings is 3. The predicted molar refractivity (Wildman–Crippen MR) is 128 cm³/mol. The fraction of sp³-hybridized carbons (Fsp3) is 0.120. The molecule has 0 atom stereocenters. The van der Waals surface area contributed by atoms with Crippen molar-refractivity contribution in [2.75, 3.05) is 5.32 Å². The molecule has 1 amide bonds. The molecule has 1 saturated carbocycles. The first-order valence-electron chi connectivity index (χ1n) is 10.6. The molecule has 33 heavy (non-hydrogen) atoms. The van der Waals surface area contributed by atoms with Crippen molar-refractivity contribution in [1.82, 2.24) is 19.9 Å². The summed E-state index contributed by atoms with van der Waals surface area (Å²) in [6, 6.07) is 16.5. The van der Waals surface area contributed by atoms with E-state index >= 15 is 0 Å². The van der Waals surface area contributed by atoms with Crippen molar-refractivity contribution in [3.63, 3.8) is 0 Å². The van der Waals surface area contributed by atoms with Gasteiger partial charge in [0, 0.05) is 41.4 Å². The Bertz CT molecular complexity index is 1380. The topological polar surface area (TPSA) is 119 Å². The zero-order valence-electron chi connectivity index (χ0n) is 17.7. The Morgan fingerprint density at radius 3 is 2.67 bits per heavy atom. The Morgan fingerprint density at radius 1 is 0.970 bits per heavy atom. The molecular formula is C25H21N7O. The lowest BCUT2D eigenvalue weighted by atomic mass is 10.1. The number of carbonyl (C=O) groups excluding carboxylic acids is 1. The van der Waals surface area contributed by atoms with E-state index in [2.05, 4.69) is 20.3 Å². The van der Waals surface area contributed by atoms with E-state index in [1.165, 1.54) is 6.34 Å². The van der Waals surface area contributed by atoms with Gasteiger partial charge >= 0.3 is 0 Å². The number of aromatic nitrogens is 3. The Kier molecular flexibility index (Phi) is 5.32. The molecule has 5 rings (SSSR count). The van der Waals surface area contributed by atoms with Gasteiger partial charge in [0.1, 0.15) is 11.5 Å². The van der Waals surface area contributed by atoms with Gasteiger partial charge in [-0.2, -0.15) is 0 Å². The zero-order chi connectivity index (χ0) is 22.8. The molecular weight excluding hydrogens is 414 g/mol. The fourth-order valence-corrected chi connectivity index (χ4v) is 3.64. The molecule has 1 aliphatic rings. The molecule has 1 fully saturated rings. The van der Waals surface area contributed by atoms with Crippen LogP contribution in [0.3, 0.4) is 0 Å². The van der Waals surface area contributed by atoms with E-state index in [1.807, 2.05) is 24.3 Å². The van der Waals surface area contributed by atoms with E-state index < -0.39 is 0 Å². The number of rotatable bonds is 6. The average molecular weight is 435 g/mol. The summed E-state index contributed by atoms with van der Waals surface area (Å²) >= 11 is 0. The number of benzene rings is 1. The van der Waals surface area contributed by atoms with E-state index in [4.69, 9.17) is 10.8 Å². The van der Waals surface area contributed by atoms with Gasteiger partial charge in [0.2, 0.25) is 0 Å². The van der Waals surface area contributed by atoms with Crippen LogP contribution in [0.2, 0.25) is 0 Å². The molecule has 4 aromatic rings. The molecule has 3 heterocycles. The van der Waals surface area contributed by atoms with Gasteiger partial charge in [-0.05, 0) is 60.9 Å². The maximum Gasteiger partial charge on any atom is 0.274 e. The average Bonchev–Trinajstić information content (AvgIpc) is 3.69. The van der Waals surface area contributed by atoms with Crippen LogP contribution in [0.15, 0.2) is 73.2 Å². The molecule has 3 aromatic heterocycles. The van der Waals surface area contributed by atoms with Crippen LogP contribution in [-0.2, 0) is 0 Å². The molecule has 8 nitrogen and oxygen atoms in total. The van der Waals surface area contributed by atoms with Gasteiger partial charge in [-0.3, -0.25) is 30.6 Å². The Balaban J connectivity index is 1.36. The summed E-state index contributed by atoms with van der Waals surface area (Å²) in [7, 11) is 0. The highest BCUT2D eigenvalue weighted by molar-refractivity contribution is 6.06. The Hall–Kier alpha value is -4.46. The Morgan fingerprint density at radius 2 is 1.85 bits per heavy atom. The molecule has 0 unspecified atom stereocenters. The van der Waals surface area contributed by atoms with Crippen molar-refractivity contribution in [2.45, 2.75) is 18.9 Å². The molecule has 0 aliphatic heterocycles. The number of nitrogens with one attached hydrogen (secondary N) is 3. The van der Waals surface area contributed by atoms with Crippen molar-refractivity contribution in [2.24, 2.45) is 0 Å². The maximum atomic E-state index is 12.9. The number of hydrogen-bond donors (Lipinski definition) is 3. The second kappa shape index (κ2) is 8.58. The van der Waals surface area contributed by atoms with Crippen LogP contribution in [-0.4, -0.2) is 44.0 Å². The summed E-state index contributed by atoms with van der Waals surface area (Å²) in [6.07, 6.45) is 8.23. The Labute approximate surface area is 190 Å². The van der Waals surface area contributed by atoms with Gasteiger partial charge in [-0.1, -0.05) is 12.1 Å². The molecule has 3 N–H and O–H groups in total. The smallest absolute Gasteiger partial charge is 0.274 e. The number of hydrogen-bond acceptors (Lipinski definition) is 6. The highest BCUT2D eigenvalue weighted by Crippen LogP contribution is 2.27. The lowest BCUT2D eigenvalue weighted by molar-refractivity contribution is 0.102. The van der Waals surface area contributed by atoms with Gasteiger partial charge in [0.25, 0.3) is 5.91 Å². The third-order valence-electron chi connectivity index (χ3n) is 5.51. The lowest BCUT2D eigenvalue weighted by Crippen LogP contribution is -2.31. The molecule has 8 heteroatoms. The number of amides is 1. The summed E-state index contributed by atoms with van der Waals surface area (Å²) in [5, 5.41) is 18.9. The standard InChI is InChI=1S/C25H21N7O/c26-15-32(20-6-7-20)24(27)17-3-1-4-19(11-17)31-25(33)23-12-16(8-10-29-23)18-13-22-21(30-14-18)5-2-9-28-22/h1-5,8-15,20,26-27H,6-7H2,(H,31,33). The minimum Gasteiger partial charge on any atom is -0.321 e. The fourth-order valence-electron chi connectivity index (χ4n) is 3.64. The summed E-state index contributed by atoms with van der Waals surface area (Å²) in [5.74, 6) is -0.0976. The summed E-state index contributed by atoms with van der Waals surface area (Å²) in [6.45, 7) is 0. The number of nitrogens with zero attached hydrogens (tertiary/aromatic N) is 4. The van der Waals surface area contributed by atoms with Gasteiger partial charge in [-0.25, -0.2) is 0 Å². The summed E-state index contributed by atoms with van der Waals surface area (Å²) in [4.78, 5) is 27.6. The van der Waals surface area contributed by atoms with Crippen molar-refractivity contribution in [3.8, 4) is 11.1 Å². The lowest BCUT2D eigenvalue weighted by Gasteiger charge is -2.19. The number of anilines is 1. The first-order valence-corrected chi connectivity index (χ1v) is 10.6. The van der Waals surface area contributed by atoms with Gasteiger partial charge < -0.3 is 10.2 Å². The van der Waals surface area contributed by atoms with Crippen LogP contribution < -0.4 is 5.32 Å². The number of amidine groups is 1.